The Morgan fingerprint density at radius 1 is 1.06 bits per heavy atom. The third-order valence-electron chi connectivity index (χ3n) is 4.80. The Labute approximate surface area is 206 Å². The molecular weight excluding hydrogens is 466 g/mol. The van der Waals surface area contributed by atoms with E-state index in [1.807, 2.05) is 59.2 Å². The van der Waals surface area contributed by atoms with Crippen LogP contribution in [0.15, 0.2) is 87.7 Å². The van der Waals surface area contributed by atoms with Crippen LogP contribution >= 0.6 is 11.8 Å². The quantitative estimate of drug-likeness (QED) is 0.199. The van der Waals surface area contributed by atoms with E-state index in [1.54, 1.807) is 38.7 Å². The molecule has 0 aliphatic carbocycles. The maximum atomic E-state index is 12.3. The molecule has 2 heterocycles. The van der Waals surface area contributed by atoms with E-state index >= 15 is 0 Å². The van der Waals surface area contributed by atoms with Gasteiger partial charge in [-0.1, -0.05) is 11.8 Å². The number of hydrazone groups is 1. The number of benzene rings is 2. The smallest absolute Gasteiger partial charge is 0.250 e. The lowest BCUT2D eigenvalue weighted by molar-refractivity contribution is -0.118. The zero-order chi connectivity index (χ0) is 24.5. The largest absolute Gasteiger partial charge is 0.497 e. The van der Waals surface area contributed by atoms with E-state index in [2.05, 4.69) is 20.7 Å². The van der Waals surface area contributed by atoms with Gasteiger partial charge in [0.25, 0.3) is 5.91 Å². The van der Waals surface area contributed by atoms with E-state index in [4.69, 9.17) is 13.9 Å². The van der Waals surface area contributed by atoms with Crippen LogP contribution in [-0.4, -0.2) is 46.9 Å². The van der Waals surface area contributed by atoms with Gasteiger partial charge >= 0.3 is 0 Å². The first-order valence-corrected chi connectivity index (χ1v) is 11.6. The lowest BCUT2D eigenvalue weighted by Crippen LogP contribution is -2.19. The number of allylic oxidation sites excluding steroid dienone is 1. The molecule has 9 nitrogen and oxygen atoms in total. The maximum absolute atomic E-state index is 12.3. The van der Waals surface area contributed by atoms with Crippen molar-refractivity contribution in [2.45, 2.75) is 5.16 Å². The minimum atomic E-state index is -0.270. The van der Waals surface area contributed by atoms with Crippen molar-refractivity contribution in [1.29, 1.82) is 0 Å². The van der Waals surface area contributed by atoms with Crippen LogP contribution in [0.1, 0.15) is 5.76 Å². The van der Waals surface area contributed by atoms with Gasteiger partial charge in [-0.2, -0.15) is 5.10 Å². The molecule has 2 aromatic carbocycles. The van der Waals surface area contributed by atoms with Crippen molar-refractivity contribution in [2.75, 3.05) is 20.0 Å². The summed E-state index contributed by atoms with van der Waals surface area (Å²) in [5, 5.41) is 13.2. The lowest BCUT2D eigenvalue weighted by Gasteiger charge is -2.11. The van der Waals surface area contributed by atoms with Crippen LogP contribution in [0.3, 0.4) is 0 Å². The standard InChI is InChI=1S/C25H23N5O4S/c1-32-20-11-7-18(8-12-20)24-28-29-25(30(24)19-9-13-21(33-2)14-10-19)35-17-23(31)27-26-15-3-5-22-6-4-16-34-22/h3-16H,17H2,1-2H3,(H,27,31)/b5-3-,26-15+. The summed E-state index contributed by atoms with van der Waals surface area (Å²) >= 11 is 1.26. The van der Waals surface area contributed by atoms with Gasteiger partial charge in [0.05, 0.1) is 26.2 Å². The highest BCUT2D eigenvalue weighted by Crippen LogP contribution is 2.29. The molecule has 178 valence electrons. The first kappa shape index (κ1) is 23.8. The Bertz CT molecular complexity index is 1300. The minimum Gasteiger partial charge on any atom is -0.497 e. The van der Waals surface area contributed by atoms with Crippen LogP contribution < -0.4 is 14.9 Å². The fourth-order valence-electron chi connectivity index (χ4n) is 3.09. The van der Waals surface area contributed by atoms with Gasteiger partial charge in [0.2, 0.25) is 0 Å². The van der Waals surface area contributed by atoms with E-state index < -0.39 is 0 Å². The first-order valence-electron chi connectivity index (χ1n) is 10.6. The van der Waals surface area contributed by atoms with Crippen LogP contribution in [0.5, 0.6) is 11.5 Å². The average Bonchev–Trinajstić information content (AvgIpc) is 3.57. The highest BCUT2D eigenvalue weighted by Gasteiger charge is 2.17. The summed E-state index contributed by atoms with van der Waals surface area (Å²) in [7, 11) is 3.24. The molecule has 35 heavy (non-hydrogen) atoms. The molecule has 1 amide bonds. The number of carbonyl (C=O) groups is 1. The number of hydrogen-bond acceptors (Lipinski definition) is 8. The predicted octanol–water partition coefficient (Wildman–Crippen LogP) is 4.45. The first-order chi connectivity index (χ1) is 17.2. The summed E-state index contributed by atoms with van der Waals surface area (Å²) in [4.78, 5) is 12.3. The number of aromatic nitrogens is 3. The van der Waals surface area contributed by atoms with Crippen LogP contribution in [0.4, 0.5) is 0 Å². The normalized spacial score (nSPS) is 11.3. The van der Waals surface area contributed by atoms with Crippen LogP contribution in [-0.2, 0) is 4.79 Å². The molecule has 0 saturated heterocycles. The van der Waals surface area contributed by atoms with Gasteiger partial charge in [0, 0.05) is 17.5 Å². The van der Waals surface area contributed by atoms with Gasteiger partial charge in [0.15, 0.2) is 11.0 Å². The SMILES string of the molecule is COc1ccc(-c2nnc(SCC(=O)N/N=C/C=C\c3ccco3)n2-c2ccc(OC)cc2)cc1. The molecule has 0 fully saturated rings. The van der Waals surface area contributed by atoms with Gasteiger partial charge in [-0.3, -0.25) is 9.36 Å². The number of furan rings is 1. The molecule has 0 aliphatic rings. The van der Waals surface area contributed by atoms with E-state index in [1.165, 1.54) is 18.0 Å². The summed E-state index contributed by atoms with van der Waals surface area (Å²) in [5.74, 6) is 2.66. The summed E-state index contributed by atoms with van der Waals surface area (Å²) < 4.78 is 17.6. The molecule has 2 aromatic heterocycles. The average molecular weight is 490 g/mol. The zero-order valence-corrected chi connectivity index (χ0v) is 19.9. The van der Waals surface area contributed by atoms with E-state index in [0.29, 0.717) is 16.7 Å². The van der Waals surface area contributed by atoms with Gasteiger partial charge in [-0.25, -0.2) is 5.43 Å². The highest BCUT2D eigenvalue weighted by atomic mass is 32.2. The number of thioether (sulfide) groups is 1. The molecular formula is C25H23N5O4S. The van der Waals surface area contributed by atoms with Crippen LogP contribution in [0, 0.1) is 0 Å². The van der Waals surface area contributed by atoms with E-state index in [9.17, 15) is 4.79 Å². The molecule has 1 N–H and O–H groups in total. The molecule has 10 heteroatoms. The monoisotopic (exact) mass is 489 g/mol. The molecule has 0 spiro atoms. The number of methoxy groups -OCH3 is 2. The van der Waals surface area contributed by atoms with Crippen molar-refractivity contribution >= 4 is 30.0 Å². The Kier molecular flexibility index (Phi) is 7.97. The predicted molar refractivity (Wildman–Crippen MR) is 135 cm³/mol. The summed E-state index contributed by atoms with van der Waals surface area (Å²) in [6.07, 6.45) is 6.48. The number of nitrogens with zero attached hydrogens (tertiary/aromatic N) is 4. The minimum absolute atomic E-state index is 0.107. The number of ether oxygens (including phenoxy) is 2. The molecule has 0 unspecified atom stereocenters. The third kappa shape index (κ3) is 6.18. The van der Waals surface area contributed by atoms with Crippen molar-refractivity contribution in [2.24, 2.45) is 5.10 Å². The highest BCUT2D eigenvalue weighted by molar-refractivity contribution is 7.99. The number of hydrogen-bond donors (Lipinski definition) is 1. The Morgan fingerprint density at radius 3 is 2.43 bits per heavy atom. The topological polar surface area (TPSA) is 104 Å². The van der Waals surface area contributed by atoms with Gasteiger partial charge < -0.3 is 13.9 Å². The Morgan fingerprint density at radius 2 is 1.77 bits per heavy atom. The molecule has 0 saturated carbocycles. The maximum Gasteiger partial charge on any atom is 0.250 e. The third-order valence-corrected chi connectivity index (χ3v) is 5.73. The van der Waals surface area contributed by atoms with Crippen LogP contribution in [0.2, 0.25) is 0 Å². The second-order valence-corrected chi connectivity index (χ2v) is 7.99. The van der Waals surface area contributed by atoms with Gasteiger partial charge in [0.1, 0.15) is 17.3 Å². The summed E-state index contributed by atoms with van der Waals surface area (Å²) in [6, 6.07) is 18.7. The number of nitrogens with one attached hydrogen (secondary N) is 1. The van der Waals surface area contributed by atoms with Crippen molar-refractivity contribution in [1.82, 2.24) is 20.2 Å². The molecule has 4 rings (SSSR count). The van der Waals surface area contributed by atoms with Crippen molar-refractivity contribution in [3.8, 4) is 28.6 Å². The van der Waals surface area contributed by atoms with Gasteiger partial charge in [-0.15, -0.1) is 10.2 Å². The second-order valence-electron chi connectivity index (χ2n) is 7.04. The number of carbonyl (C=O) groups excluding carboxylic acids is 1. The molecule has 0 radical (unpaired) electrons. The molecule has 0 atom stereocenters. The number of amides is 1. The van der Waals surface area contributed by atoms with Crippen molar-refractivity contribution in [3.63, 3.8) is 0 Å². The van der Waals surface area contributed by atoms with E-state index in [-0.39, 0.29) is 11.7 Å². The lowest BCUT2D eigenvalue weighted by atomic mass is 10.2. The summed E-state index contributed by atoms with van der Waals surface area (Å²) in [5.41, 5.74) is 4.20. The molecule has 0 bridgehead atoms. The summed E-state index contributed by atoms with van der Waals surface area (Å²) in [6.45, 7) is 0. The van der Waals surface area contributed by atoms with Crippen molar-refractivity contribution < 1.29 is 18.7 Å². The molecule has 0 aliphatic heterocycles. The van der Waals surface area contributed by atoms with Crippen LogP contribution in [0.25, 0.3) is 23.2 Å². The number of rotatable bonds is 10. The van der Waals surface area contributed by atoms with Crippen molar-refractivity contribution in [3.05, 3.63) is 78.8 Å². The second kappa shape index (κ2) is 11.7. The zero-order valence-electron chi connectivity index (χ0n) is 19.1. The Hall–Kier alpha value is -4.31. The fourth-order valence-corrected chi connectivity index (χ4v) is 3.84. The molecule has 4 aromatic rings. The van der Waals surface area contributed by atoms with Gasteiger partial charge in [-0.05, 0) is 72.8 Å². The van der Waals surface area contributed by atoms with E-state index in [0.717, 1.165) is 22.7 Å². The Balaban J connectivity index is 1.49. The fraction of sp³-hybridized carbons (Fsp3) is 0.120.